The molecule has 26 heavy (non-hydrogen) atoms. The maximum absolute atomic E-state index is 12.7. The number of ether oxygens (including phenoxy) is 2. The van der Waals surface area contributed by atoms with Crippen molar-refractivity contribution in [2.24, 2.45) is 0 Å². The molecule has 134 valence electrons. The van der Waals surface area contributed by atoms with Crippen molar-refractivity contribution in [1.29, 1.82) is 0 Å². The molecular formula is C19H20N3O3S+. The minimum absolute atomic E-state index is 0.0242. The lowest BCUT2D eigenvalue weighted by molar-refractivity contribution is -0.895. The van der Waals surface area contributed by atoms with Crippen LogP contribution in [0.1, 0.15) is 26.4 Å². The lowest BCUT2D eigenvalue weighted by Crippen LogP contribution is -3.08. The van der Waals surface area contributed by atoms with Crippen molar-refractivity contribution in [1.82, 2.24) is 5.32 Å². The number of rotatable bonds is 2. The van der Waals surface area contributed by atoms with Crippen LogP contribution in [-0.4, -0.2) is 32.5 Å². The molecule has 5 rings (SSSR count). The van der Waals surface area contributed by atoms with E-state index in [1.807, 2.05) is 30.4 Å². The summed E-state index contributed by atoms with van der Waals surface area (Å²) < 4.78 is 10.7. The van der Waals surface area contributed by atoms with Gasteiger partial charge in [0.05, 0.1) is 24.0 Å². The molecule has 0 saturated heterocycles. The number of thiophene rings is 1. The van der Waals surface area contributed by atoms with Gasteiger partial charge in [-0.3, -0.25) is 4.79 Å². The Morgan fingerprint density at radius 2 is 2.15 bits per heavy atom. The van der Waals surface area contributed by atoms with E-state index in [4.69, 9.17) is 9.47 Å². The summed E-state index contributed by atoms with van der Waals surface area (Å²) in [6, 6.07) is 5.82. The summed E-state index contributed by atoms with van der Waals surface area (Å²) in [6.45, 7) is 2.35. The Morgan fingerprint density at radius 3 is 3.08 bits per heavy atom. The third-order valence-electron chi connectivity index (χ3n) is 5.03. The van der Waals surface area contributed by atoms with E-state index < -0.39 is 0 Å². The number of nitrogens with one attached hydrogen (secondary N) is 3. The molecule has 3 aliphatic heterocycles. The van der Waals surface area contributed by atoms with Crippen molar-refractivity contribution in [3.05, 3.63) is 45.8 Å². The predicted octanol–water partition coefficient (Wildman–Crippen LogP) is 1.24. The molecule has 7 heteroatoms. The Morgan fingerprint density at radius 1 is 1.27 bits per heavy atom. The SMILES string of the molecule is C[NH+]1CCc2c(sc3c2C(=O)N[C@H](/C=C/c2ccc4c(c2)OCO4)N3)C1. The van der Waals surface area contributed by atoms with Crippen LogP contribution >= 0.6 is 11.3 Å². The smallest absolute Gasteiger partial charge is 0.256 e. The van der Waals surface area contributed by atoms with E-state index in [1.54, 1.807) is 11.3 Å². The van der Waals surface area contributed by atoms with Crippen LogP contribution in [0.3, 0.4) is 0 Å². The topological polar surface area (TPSA) is 64.0 Å². The molecule has 0 fully saturated rings. The zero-order valence-corrected chi connectivity index (χ0v) is 15.2. The molecular weight excluding hydrogens is 350 g/mol. The van der Waals surface area contributed by atoms with Crippen LogP contribution in [0.25, 0.3) is 6.08 Å². The highest BCUT2D eigenvalue weighted by Crippen LogP contribution is 2.37. The van der Waals surface area contributed by atoms with Gasteiger partial charge in [-0.15, -0.1) is 11.3 Å². The quantitative estimate of drug-likeness (QED) is 0.744. The van der Waals surface area contributed by atoms with Gasteiger partial charge >= 0.3 is 0 Å². The van der Waals surface area contributed by atoms with E-state index >= 15 is 0 Å². The van der Waals surface area contributed by atoms with Crippen LogP contribution in [0.15, 0.2) is 24.3 Å². The van der Waals surface area contributed by atoms with Gasteiger partial charge in [0.25, 0.3) is 5.91 Å². The fourth-order valence-electron chi connectivity index (χ4n) is 3.67. The minimum Gasteiger partial charge on any atom is -0.454 e. The van der Waals surface area contributed by atoms with Crippen LogP contribution in [-0.2, 0) is 13.0 Å². The fourth-order valence-corrected chi connectivity index (χ4v) is 5.07. The summed E-state index contributed by atoms with van der Waals surface area (Å²) in [7, 11) is 2.20. The zero-order chi connectivity index (χ0) is 17.7. The molecule has 1 aromatic heterocycles. The van der Waals surface area contributed by atoms with Crippen LogP contribution < -0.4 is 25.0 Å². The Balaban J connectivity index is 1.37. The molecule has 3 N–H and O–H groups in total. The van der Waals surface area contributed by atoms with Gasteiger partial charge in [0.1, 0.15) is 17.7 Å². The number of hydrogen-bond acceptors (Lipinski definition) is 5. The molecule has 4 heterocycles. The van der Waals surface area contributed by atoms with Crippen molar-refractivity contribution >= 4 is 28.3 Å². The number of hydrogen-bond donors (Lipinski definition) is 3. The molecule has 0 bridgehead atoms. The van der Waals surface area contributed by atoms with Gasteiger partial charge in [-0.1, -0.05) is 12.1 Å². The summed E-state index contributed by atoms with van der Waals surface area (Å²) in [6.07, 6.45) is 4.70. The van der Waals surface area contributed by atoms with E-state index in [1.165, 1.54) is 15.3 Å². The van der Waals surface area contributed by atoms with Crippen molar-refractivity contribution in [2.45, 2.75) is 19.1 Å². The third kappa shape index (κ3) is 2.64. The molecule has 0 aliphatic carbocycles. The molecule has 1 unspecified atom stereocenters. The molecule has 0 saturated carbocycles. The minimum atomic E-state index is -0.217. The molecule has 0 spiro atoms. The maximum atomic E-state index is 12.7. The van der Waals surface area contributed by atoms with Crippen LogP contribution in [0.2, 0.25) is 0 Å². The summed E-state index contributed by atoms with van der Waals surface area (Å²) in [4.78, 5) is 15.5. The Kier molecular flexibility index (Phi) is 3.65. The largest absolute Gasteiger partial charge is 0.454 e. The first-order chi connectivity index (χ1) is 12.7. The Bertz CT molecular complexity index is 921. The van der Waals surface area contributed by atoms with Gasteiger partial charge in [-0.2, -0.15) is 0 Å². The second-order valence-corrected chi connectivity index (χ2v) is 8.01. The van der Waals surface area contributed by atoms with E-state index in [0.29, 0.717) is 0 Å². The molecule has 6 nitrogen and oxygen atoms in total. The second-order valence-electron chi connectivity index (χ2n) is 6.91. The van der Waals surface area contributed by atoms with E-state index in [2.05, 4.69) is 17.7 Å². The highest BCUT2D eigenvalue weighted by molar-refractivity contribution is 7.16. The summed E-state index contributed by atoms with van der Waals surface area (Å²) in [5.74, 6) is 1.55. The van der Waals surface area contributed by atoms with E-state index in [9.17, 15) is 4.79 Å². The Labute approximate surface area is 155 Å². The van der Waals surface area contributed by atoms with Crippen molar-refractivity contribution in [3.8, 4) is 11.5 Å². The normalized spacial score (nSPS) is 23.3. The summed E-state index contributed by atoms with van der Waals surface area (Å²) >= 11 is 1.72. The number of carbonyl (C=O) groups is 1. The van der Waals surface area contributed by atoms with Crippen molar-refractivity contribution in [2.75, 3.05) is 25.7 Å². The molecule has 0 radical (unpaired) electrons. The number of likely N-dealkylation sites (N-methyl/N-ethyl adjacent to an activating group) is 1. The number of benzene rings is 1. The lowest BCUT2D eigenvalue weighted by Gasteiger charge is -2.24. The lowest BCUT2D eigenvalue weighted by atomic mass is 10.0. The average molecular weight is 370 g/mol. The monoisotopic (exact) mass is 370 g/mol. The molecule has 1 amide bonds. The number of amides is 1. The molecule has 2 atom stereocenters. The van der Waals surface area contributed by atoms with Gasteiger partial charge in [0, 0.05) is 6.42 Å². The summed E-state index contributed by atoms with van der Waals surface area (Å²) in [5.41, 5.74) is 3.09. The summed E-state index contributed by atoms with van der Waals surface area (Å²) in [5, 5.41) is 7.50. The number of quaternary nitrogens is 1. The number of carbonyl (C=O) groups excluding carboxylic acids is 1. The standard InChI is InChI=1S/C19H19N3O3S/c1-22-7-6-12-15(9-22)26-19-17(12)18(23)20-16(21-19)5-3-11-2-4-13-14(8-11)25-10-24-13/h2-5,8,16,21H,6-7,9-10H2,1H3,(H,20,23)/p+1/b5-3+/t16-/m0/s1. The molecule has 2 aromatic rings. The first kappa shape index (κ1) is 15.7. The fraction of sp³-hybridized carbons (Fsp3) is 0.316. The van der Waals surface area contributed by atoms with E-state index in [0.717, 1.165) is 47.1 Å². The Hall–Kier alpha value is -2.51. The van der Waals surface area contributed by atoms with E-state index in [-0.39, 0.29) is 18.9 Å². The van der Waals surface area contributed by atoms with Gasteiger partial charge < -0.3 is 25.0 Å². The van der Waals surface area contributed by atoms with Crippen LogP contribution in [0.5, 0.6) is 11.5 Å². The number of anilines is 1. The van der Waals surface area contributed by atoms with Crippen molar-refractivity contribution in [3.63, 3.8) is 0 Å². The highest BCUT2D eigenvalue weighted by Gasteiger charge is 2.32. The van der Waals surface area contributed by atoms with Gasteiger partial charge in [0.15, 0.2) is 11.5 Å². The van der Waals surface area contributed by atoms with Gasteiger partial charge in [-0.25, -0.2) is 0 Å². The second kappa shape index (κ2) is 6.03. The van der Waals surface area contributed by atoms with Gasteiger partial charge in [-0.05, 0) is 29.3 Å². The predicted molar refractivity (Wildman–Crippen MR) is 100.0 cm³/mol. The van der Waals surface area contributed by atoms with Crippen LogP contribution in [0, 0.1) is 0 Å². The molecule has 1 aromatic carbocycles. The molecule has 3 aliphatic rings. The zero-order valence-electron chi connectivity index (χ0n) is 14.4. The average Bonchev–Trinajstić information content (AvgIpc) is 3.22. The van der Waals surface area contributed by atoms with Crippen LogP contribution in [0.4, 0.5) is 5.00 Å². The van der Waals surface area contributed by atoms with Crippen molar-refractivity contribution < 1.29 is 19.2 Å². The van der Waals surface area contributed by atoms with Gasteiger partial charge in [0.2, 0.25) is 6.79 Å². The number of fused-ring (bicyclic) bond motifs is 4. The third-order valence-corrected chi connectivity index (χ3v) is 6.20. The maximum Gasteiger partial charge on any atom is 0.256 e. The first-order valence-electron chi connectivity index (χ1n) is 8.78. The highest BCUT2D eigenvalue weighted by atomic mass is 32.1. The first-order valence-corrected chi connectivity index (χ1v) is 9.60.